The molecule has 122 valence electrons. The van der Waals surface area contributed by atoms with Crippen molar-refractivity contribution < 1.29 is 9.21 Å². The van der Waals surface area contributed by atoms with E-state index in [-0.39, 0.29) is 12.3 Å². The molecule has 4 nitrogen and oxygen atoms in total. The summed E-state index contributed by atoms with van der Waals surface area (Å²) >= 11 is 0. The van der Waals surface area contributed by atoms with E-state index in [0.29, 0.717) is 18.2 Å². The number of hydrogen-bond acceptors (Lipinski definition) is 3. The summed E-state index contributed by atoms with van der Waals surface area (Å²) < 4.78 is 5.76. The molecule has 0 radical (unpaired) electrons. The topological polar surface area (TPSA) is 55.1 Å². The van der Waals surface area contributed by atoms with Crippen LogP contribution in [-0.4, -0.2) is 17.4 Å². The summed E-state index contributed by atoms with van der Waals surface area (Å²) in [6.07, 6.45) is 1.03. The Morgan fingerprint density at radius 1 is 1.04 bits per heavy atom. The van der Waals surface area contributed by atoms with Crippen LogP contribution in [0.3, 0.4) is 0 Å². The second-order valence-corrected chi connectivity index (χ2v) is 5.66. The number of benzene rings is 2. The second kappa shape index (κ2) is 7.59. The Labute approximate surface area is 141 Å². The molecule has 0 aliphatic heterocycles. The van der Waals surface area contributed by atoms with Gasteiger partial charge in [0, 0.05) is 12.1 Å². The molecule has 0 fully saturated rings. The fourth-order valence-corrected chi connectivity index (χ4v) is 2.50. The van der Waals surface area contributed by atoms with Gasteiger partial charge in [-0.1, -0.05) is 48.5 Å². The largest absolute Gasteiger partial charge is 0.440 e. The lowest BCUT2D eigenvalue weighted by molar-refractivity contribution is -0.120. The third-order valence-electron chi connectivity index (χ3n) is 3.81. The van der Waals surface area contributed by atoms with E-state index in [1.807, 2.05) is 55.5 Å². The molecule has 3 rings (SSSR count). The van der Waals surface area contributed by atoms with Crippen LogP contribution in [0.1, 0.15) is 17.0 Å². The van der Waals surface area contributed by atoms with Gasteiger partial charge in [-0.15, -0.1) is 0 Å². The molecule has 2 aromatic carbocycles. The highest BCUT2D eigenvalue weighted by Gasteiger charge is 2.14. The maximum atomic E-state index is 12.1. The zero-order chi connectivity index (χ0) is 16.8. The zero-order valence-electron chi connectivity index (χ0n) is 13.7. The summed E-state index contributed by atoms with van der Waals surface area (Å²) in [6, 6.07) is 19.8. The molecule has 0 unspecified atom stereocenters. The number of hydrogen-bond donors (Lipinski definition) is 1. The molecule has 0 atom stereocenters. The molecule has 1 aromatic heterocycles. The van der Waals surface area contributed by atoms with E-state index in [1.54, 1.807) is 0 Å². The van der Waals surface area contributed by atoms with Crippen molar-refractivity contribution in [2.45, 2.75) is 19.8 Å². The molecule has 1 N–H and O–H groups in total. The average Bonchev–Trinajstić information content (AvgIpc) is 2.97. The highest BCUT2D eigenvalue weighted by molar-refractivity contribution is 5.78. The van der Waals surface area contributed by atoms with Gasteiger partial charge in [-0.25, -0.2) is 4.98 Å². The number of nitrogens with zero attached hydrogens (tertiary/aromatic N) is 1. The van der Waals surface area contributed by atoms with Crippen LogP contribution >= 0.6 is 0 Å². The van der Waals surface area contributed by atoms with Crippen LogP contribution in [0.25, 0.3) is 11.5 Å². The van der Waals surface area contributed by atoms with Crippen molar-refractivity contribution in [2.75, 3.05) is 6.54 Å². The first-order valence-electron chi connectivity index (χ1n) is 8.05. The smallest absolute Gasteiger partial charge is 0.227 e. The van der Waals surface area contributed by atoms with Gasteiger partial charge in [0.25, 0.3) is 0 Å². The molecule has 0 spiro atoms. The molecule has 4 heteroatoms. The summed E-state index contributed by atoms with van der Waals surface area (Å²) in [6.45, 7) is 2.48. The van der Waals surface area contributed by atoms with Gasteiger partial charge in [-0.2, -0.15) is 0 Å². The van der Waals surface area contributed by atoms with Crippen molar-refractivity contribution in [3.8, 4) is 11.5 Å². The van der Waals surface area contributed by atoms with E-state index in [0.717, 1.165) is 17.7 Å². The summed E-state index contributed by atoms with van der Waals surface area (Å²) in [5, 5.41) is 2.93. The third kappa shape index (κ3) is 4.10. The Bertz CT molecular complexity index is 795. The number of carbonyl (C=O) groups excluding carboxylic acids is 1. The second-order valence-electron chi connectivity index (χ2n) is 5.66. The van der Waals surface area contributed by atoms with Crippen LogP contribution in [0.5, 0.6) is 0 Å². The van der Waals surface area contributed by atoms with Crippen molar-refractivity contribution in [3.05, 3.63) is 77.7 Å². The van der Waals surface area contributed by atoms with Gasteiger partial charge in [-0.05, 0) is 31.0 Å². The van der Waals surface area contributed by atoms with Crippen molar-refractivity contribution in [2.24, 2.45) is 0 Å². The molecule has 0 saturated carbocycles. The first kappa shape index (κ1) is 16.0. The van der Waals surface area contributed by atoms with Gasteiger partial charge in [0.15, 0.2) is 0 Å². The van der Waals surface area contributed by atoms with Crippen LogP contribution in [-0.2, 0) is 17.6 Å². The minimum atomic E-state index is -0.0511. The molecular weight excluding hydrogens is 300 g/mol. The van der Waals surface area contributed by atoms with Gasteiger partial charge in [0.05, 0.1) is 12.1 Å². The minimum absolute atomic E-state index is 0.0511. The number of aromatic nitrogens is 1. The van der Waals surface area contributed by atoms with Crippen molar-refractivity contribution in [1.82, 2.24) is 10.3 Å². The maximum Gasteiger partial charge on any atom is 0.227 e. The fraction of sp³-hybridized carbons (Fsp3) is 0.200. The third-order valence-corrected chi connectivity index (χ3v) is 3.81. The number of nitrogens with one attached hydrogen (secondary N) is 1. The fourth-order valence-electron chi connectivity index (χ4n) is 2.50. The number of aryl methyl sites for hydroxylation is 1. The SMILES string of the molecule is Cc1nc(-c2ccccc2)oc1CC(=O)NCCc1ccccc1. The molecule has 1 heterocycles. The van der Waals surface area contributed by atoms with Crippen LogP contribution in [0, 0.1) is 6.92 Å². The van der Waals surface area contributed by atoms with Crippen molar-refractivity contribution in [3.63, 3.8) is 0 Å². The molecule has 3 aromatic rings. The number of rotatable bonds is 6. The molecule has 24 heavy (non-hydrogen) atoms. The Hall–Kier alpha value is -2.88. The number of carbonyl (C=O) groups is 1. The van der Waals surface area contributed by atoms with Crippen LogP contribution in [0.2, 0.25) is 0 Å². The lowest BCUT2D eigenvalue weighted by Crippen LogP contribution is -2.27. The predicted octanol–water partition coefficient (Wildman–Crippen LogP) is 3.55. The standard InChI is InChI=1S/C20H20N2O2/c1-15-18(24-20(22-15)17-10-6-3-7-11-17)14-19(23)21-13-12-16-8-4-2-5-9-16/h2-11H,12-14H2,1H3,(H,21,23). The normalized spacial score (nSPS) is 10.5. The molecule has 1 amide bonds. The molecule has 0 aliphatic carbocycles. The number of oxazole rings is 1. The summed E-state index contributed by atoms with van der Waals surface area (Å²) in [5.74, 6) is 1.12. The van der Waals surface area contributed by atoms with E-state index in [1.165, 1.54) is 5.56 Å². The van der Waals surface area contributed by atoms with E-state index in [4.69, 9.17) is 4.42 Å². The van der Waals surface area contributed by atoms with E-state index in [9.17, 15) is 4.79 Å². The average molecular weight is 320 g/mol. The Morgan fingerprint density at radius 3 is 2.42 bits per heavy atom. The maximum absolute atomic E-state index is 12.1. The lowest BCUT2D eigenvalue weighted by Gasteiger charge is -2.04. The minimum Gasteiger partial charge on any atom is -0.440 e. The van der Waals surface area contributed by atoms with Gasteiger partial charge >= 0.3 is 0 Å². The monoisotopic (exact) mass is 320 g/mol. The van der Waals surface area contributed by atoms with E-state index < -0.39 is 0 Å². The zero-order valence-corrected chi connectivity index (χ0v) is 13.7. The highest BCUT2D eigenvalue weighted by Crippen LogP contribution is 2.21. The molecule has 0 aliphatic rings. The predicted molar refractivity (Wildman–Crippen MR) is 93.5 cm³/mol. The number of amides is 1. The summed E-state index contributed by atoms with van der Waals surface area (Å²) in [5.41, 5.74) is 2.88. The van der Waals surface area contributed by atoms with Crippen LogP contribution in [0.4, 0.5) is 0 Å². The Balaban J connectivity index is 1.56. The van der Waals surface area contributed by atoms with Crippen molar-refractivity contribution in [1.29, 1.82) is 0 Å². The Kier molecular flexibility index (Phi) is 5.06. The van der Waals surface area contributed by atoms with Crippen molar-refractivity contribution >= 4 is 5.91 Å². The van der Waals surface area contributed by atoms with E-state index in [2.05, 4.69) is 22.4 Å². The van der Waals surface area contributed by atoms with E-state index >= 15 is 0 Å². The Morgan fingerprint density at radius 2 is 1.71 bits per heavy atom. The van der Waals surface area contributed by atoms with Crippen LogP contribution in [0.15, 0.2) is 65.1 Å². The van der Waals surface area contributed by atoms with Crippen LogP contribution < -0.4 is 5.32 Å². The van der Waals surface area contributed by atoms with Gasteiger partial charge in [0.2, 0.25) is 11.8 Å². The van der Waals surface area contributed by atoms with Gasteiger partial charge in [0.1, 0.15) is 5.76 Å². The highest BCUT2D eigenvalue weighted by atomic mass is 16.4. The first-order valence-corrected chi connectivity index (χ1v) is 8.05. The molecule has 0 bridgehead atoms. The molecule has 0 saturated heterocycles. The summed E-state index contributed by atoms with van der Waals surface area (Å²) in [7, 11) is 0. The first-order chi connectivity index (χ1) is 11.7. The van der Waals surface area contributed by atoms with Gasteiger partial charge in [-0.3, -0.25) is 4.79 Å². The quantitative estimate of drug-likeness (QED) is 0.755. The van der Waals surface area contributed by atoms with Gasteiger partial charge < -0.3 is 9.73 Å². The molecular formula is C20H20N2O2. The summed E-state index contributed by atoms with van der Waals surface area (Å²) in [4.78, 5) is 16.5. The lowest BCUT2D eigenvalue weighted by atomic mass is 10.1.